The van der Waals surface area contributed by atoms with Crippen LogP contribution >= 0.6 is 0 Å². The van der Waals surface area contributed by atoms with Gasteiger partial charge in [-0.25, -0.2) is 0 Å². The van der Waals surface area contributed by atoms with E-state index >= 15 is 0 Å². The highest BCUT2D eigenvalue weighted by Gasteiger charge is 2.63. The molecule has 0 aromatic heterocycles. The van der Waals surface area contributed by atoms with Crippen molar-refractivity contribution in [2.45, 2.75) is 26.2 Å². The third-order valence-corrected chi connectivity index (χ3v) is 6.81. The van der Waals surface area contributed by atoms with Crippen LogP contribution in [0.5, 0.6) is 0 Å². The summed E-state index contributed by atoms with van der Waals surface area (Å²) in [6.45, 7) is 3.77. The summed E-state index contributed by atoms with van der Waals surface area (Å²) in [4.78, 5) is 2.44. The van der Waals surface area contributed by atoms with Crippen molar-refractivity contribution < 1.29 is 0 Å². The fourth-order valence-electron chi connectivity index (χ4n) is 6.59. The molecule has 1 nitrogen and oxygen atoms in total. The molecule has 0 aromatic carbocycles. The largest absolute Gasteiger partial charge is 0.309 e. The van der Waals surface area contributed by atoms with Gasteiger partial charge in [-0.3, -0.25) is 0 Å². The smallest absolute Gasteiger partial charge is 0.000907 e. The summed E-state index contributed by atoms with van der Waals surface area (Å²) in [7, 11) is 4.52. The summed E-state index contributed by atoms with van der Waals surface area (Å²) in [6.07, 6.45) is 9.64. The van der Waals surface area contributed by atoms with Crippen LogP contribution in [0.3, 0.4) is 0 Å². The molecule has 0 saturated heterocycles. The maximum absolute atomic E-state index is 2.57. The van der Waals surface area contributed by atoms with Gasteiger partial charge in [0.25, 0.3) is 0 Å². The molecule has 18 heavy (non-hydrogen) atoms. The van der Waals surface area contributed by atoms with Gasteiger partial charge in [-0.1, -0.05) is 25.5 Å². The average Bonchev–Trinajstić information content (AvgIpc) is 3.05. The molecule has 1 heteroatoms. The summed E-state index contributed by atoms with van der Waals surface area (Å²) < 4.78 is 0. The van der Waals surface area contributed by atoms with E-state index in [-0.39, 0.29) is 0 Å². The van der Waals surface area contributed by atoms with Gasteiger partial charge in [-0.05, 0) is 74.3 Å². The van der Waals surface area contributed by atoms with Crippen LogP contribution in [0, 0.1) is 47.3 Å². The summed E-state index contributed by atoms with van der Waals surface area (Å²) >= 11 is 0. The number of allylic oxidation sites excluding steroid dienone is 2. The Balaban J connectivity index is 1.64. The number of hydrogen-bond donors (Lipinski definition) is 0. The molecule has 0 amide bonds. The van der Waals surface area contributed by atoms with Crippen molar-refractivity contribution in [3.63, 3.8) is 0 Å². The Kier molecular flexibility index (Phi) is 2.46. The van der Waals surface area contributed by atoms with Crippen molar-refractivity contribution >= 4 is 0 Å². The monoisotopic (exact) mass is 245 g/mol. The first-order valence-corrected chi connectivity index (χ1v) is 8.03. The van der Waals surface area contributed by atoms with Gasteiger partial charge in [0.2, 0.25) is 0 Å². The first-order valence-electron chi connectivity index (χ1n) is 8.03. The topological polar surface area (TPSA) is 3.24 Å². The molecule has 4 bridgehead atoms. The molecule has 3 saturated carbocycles. The highest BCUT2D eigenvalue weighted by molar-refractivity contribution is 5.21. The average molecular weight is 245 g/mol. The van der Waals surface area contributed by atoms with Gasteiger partial charge in [0.1, 0.15) is 0 Å². The van der Waals surface area contributed by atoms with E-state index in [4.69, 9.17) is 0 Å². The van der Waals surface area contributed by atoms with Crippen LogP contribution in [-0.2, 0) is 0 Å². The van der Waals surface area contributed by atoms with Crippen molar-refractivity contribution in [2.75, 3.05) is 20.6 Å². The van der Waals surface area contributed by atoms with Crippen molar-refractivity contribution in [1.29, 1.82) is 0 Å². The fraction of sp³-hybridized carbons (Fsp3) is 0.882. The van der Waals surface area contributed by atoms with Crippen LogP contribution in [0.1, 0.15) is 26.2 Å². The van der Waals surface area contributed by atoms with E-state index < -0.39 is 0 Å². The lowest BCUT2D eigenvalue weighted by Gasteiger charge is -2.42. The van der Waals surface area contributed by atoms with Crippen molar-refractivity contribution in [3.8, 4) is 0 Å². The molecule has 100 valence electrons. The Morgan fingerprint density at radius 3 is 2.11 bits per heavy atom. The number of hydrogen-bond acceptors (Lipinski definition) is 1. The third-order valence-electron chi connectivity index (χ3n) is 6.81. The molecular weight excluding hydrogens is 218 g/mol. The molecule has 4 aliphatic carbocycles. The normalized spacial score (nSPS) is 55.8. The SMILES string of the molecule is CCC1C(CN(C)C)C2CC1C1C3C=CC(C3)C21. The van der Waals surface area contributed by atoms with Gasteiger partial charge in [-0.2, -0.15) is 0 Å². The third kappa shape index (κ3) is 1.32. The molecule has 0 aliphatic heterocycles. The molecular formula is C17H27N. The van der Waals surface area contributed by atoms with E-state index in [1.807, 2.05) is 0 Å². The Bertz CT molecular complexity index is 372. The Morgan fingerprint density at radius 1 is 0.944 bits per heavy atom. The quantitative estimate of drug-likeness (QED) is 0.545. The van der Waals surface area contributed by atoms with Crippen LogP contribution < -0.4 is 0 Å². The van der Waals surface area contributed by atoms with Gasteiger partial charge in [-0.15, -0.1) is 0 Å². The summed E-state index contributed by atoms with van der Waals surface area (Å²) in [5.74, 6) is 8.30. The maximum atomic E-state index is 2.57. The molecule has 4 rings (SSSR count). The van der Waals surface area contributed by atoms with E-state index in [0.717, 1.165) is 47.3 Å². The number of rotatable bonds is 3. The van der Waals surface area contributed by atoms with Crippen LogP contribution in [-0.4, -0.2) is 25.5 Å². The number of fused-ring (bicyclic) bond motifs is 9. The summed E-state index contributed by atoms with van der Waals surface area (Å²) in [5, 5.41) is 0. The van der Waals surface area contributed by atoms with Crippen LogP contribution in [0.25, 0.3) is 0 Å². The zero-order valence-electron chi connectivity index (χ0n) is 12.0. The van der Waals surface area contributed by atoms with E-state index in [1.54, 1.807) is 6.42 Å². The number of nitrogens with zero attached hydrogens (tertiary/aromatic N) is 1. The van der Waals surface area contributed by atoms with Crippen molar-refractivity contribution in [1.82, 2.24) is 4.90 Å². The Labute approximate surface area is 112 Å². The second-order valence-corrected chi connectivity index (χ2v) is 7.66. The summed E-state index contributed by atoms with van der Waals surface area (Å²) in [6, 6.07) is 0. The standard InChI is InChI=1S/C17H27N/c1-4-12-13-8-14(15(12)9-18(2)3)17-11-6-5-10(7-11)16(13)17/h5-6,10-17H,4,7-9H2,1-3H3. The zero-order chi connectivity index (χ0) is 12.4. The lowest BCUT2D eigenvalue weighted by Crippen LogP contribution is -2.40. The first-order chi connectivity index (χ1) is 8.70. The van der Waals surface area contributed by atoms with E-state index in [2.05, 4.69) is 38.1 Å². The second-order valence-electron chi connectivity index (χ2n) is 7.66. The van der Waals surface area contributed by atoms with Gasteiger partial charge in [0.15, 0.2) is 0 Å². The maximum Gasteiger partial charge on any atom is 0.000907 e. The summed E-state index contributed by atoms with van der Waals surface area (Å²) in [5.41, 5.74) is 0. The Morgan fingerprint density at radius 2 is 1.56 bits per heavy atom. The lowest BCUT2D eigenvalue weighted by molar-refractivity contribution is 0.0686. The zero-order valence-corrected chi connectivity index (χ0v) is 12.0. The highest BCUT2D eigenvalue weighted by atomic mass is 15.1. The predicted molar refractivity (Wildman–Crippen MR) is 75.1 cm³/mol. The van der Waals surface area contributed by atoms with E-state index in [0.29, 0.717) is 0 Å². The van der Waals surface area contributed by atoms with Crippen molar-refractivity contribution in [3.05, 3.63) is 12.2 Å². The van der Waals surface area contributed by atoms with Gasteiger partial charge < -0.3 is 4.90 Å². The minimum atomic E-state index is 0.970. The molecule has 0 radical (unpaired) electrons. The molecule has 3 fully saturated rings. The molecule has 8 unspecified atom stereocenters. The molecule has 0 spiro atoms. The van der Waals surface area contributed by atoms with Crippen molar-refractivity contribution in [2.24, 2.45) is 47.3 Å². The lowest BCUT2D eigenvalue weighted by atomic mass is 9.64. The van der Waals surface area contributed by atoms with Gasteiger partial charge >= 0.3 is 0 Å². The molecule has 4 aliphatic rings. The molecule has 0 aromatic rings. The molecule has 0 N–H and O–H groups in total. The van der Waals surface area contributed by atoms with Crippen LogP contribution in [0.4, 0.5) is 0 Å². The molecule has 8 atom stereocenters. The van der Waals surface area contributed by atoms with E-state index in [1.165, 1.54) is 19.4 Å². The van der Waals surface area contributed by atoms with Crippen LogP contribution in [0.15, 0.2) is 12.2 Å². The van der Waals surface area contributed by atoms with Crippen LogP contribution in [0.2, 0.25) is 0 Å². The highest BCUT2D eigenvalue weighted by Crippen LogP contribution is 2.69. The minimum Gasteiger partial charge on any atom is -0.309 e. The van der Waals surface area contributed by atoms with E-state index in [9.17, 15) is 0 Å². The first kappa shape index (κ1) is 11.5. The fourth-order valence-corrected chi connectivity index (χ4v) is 6.59. The second kappa shape index (κ2) is 3.85. The Hall–Kier alpha value is -0.300. The molecule has 0 heterocycles. The predicted octanol–water partition coefficient (Wildman–Crippen LogP) is 3.28. The van der Waals surface area contributed by atoms with Gasteiger partial charge in [0.05, 0.1) is 0 Å². The van der Waals surface area contributed by atoms with Gasteiger partial charge in [0, 0.05) is 6.54 Å². The minimum absolute atomic E-state index is 0.970.